The van der Waals surface area contributed by atoms with Gasteiger partial charge in [-0.2, -0.15) is 0 Å². The molecule has 4 heterocycles. The average Bonchev–Trinajstić information content (AvgIpc) is 3.35. The SMILES string of the molecule is CN1CCCc2ccc(-c3csc(NC(=O)CNC(=O)c4ccn(C)c4)n3)nc21. The van der Waals surface area contributed by atoms with E-state index in [9.17, 15) is 9.59 Å². The first kappa shape index (κ1) is 19.1. The van der Waals surface area contributed by atoms with Gasteiger partial charge in [0.25, 0.3) is 5.91 Å². The summed E-state index contributed by atoms with van der Waals surface area (Å²) in [6.07, 6.45) is 5.65. The molecule has 150 valence electrons. The Morgan fingerprint density at radius 3 is 2.83 bits per heavy atom. The van der Waals surface area contributed by atoms with Crippen molar-refractivity contribution in [3.8, 4) is 11.4 Å². The van der Waals surface area contributed by atoms with Crippen molar-refractivity contribution >= 4 is 34.1 Å². The molecule has 0 saturated carbocycles. The highest BCUT2D eigenvalue weighted by Gasteiger charge is 2.17. The van der Waals surface area contributed by atoms with E-state index in [4.69, 9.17) is 4.98 Å². The predicted molar refractivity (Wildman–Crippen MR) is 113 cm³/mol. The maximum atomic E-state index is 12.1. The van der Waals surface area contributed by atoms with Crippen molar-refractivity contribution in [2.75, 3.05) is 30.4 Å². The Bertz CT molecular complexity index is 1060. The van der Waals surface area contributed by atoms with E-state index in [2.05, 4.69) is 26.6 Å². The minimum atomic E-state index is -0.326. The highest BCUT2D eigenvalue weighted by Crippen LogP contribution is 2.29. The van der Waals surface area contributed by atoms with Crippen LogP contribution in [0.5, 0.6) is 0 Å². The Balaban J connectivity index is 1.37. The summed E-state index contributed by atoms with van der Waals surface area (Å²) < 4.78 is 1.78. The number of pyridine rings is 1. The van der Waals surface area contributed by atoms with Gasteiger partial charge < -0.3 is 20.1 Å². The number of anilines is 2. The van der Waals surface area contributed by atoms with Crippen LogP contribution in [0.25, 0.3) is 11.4 Å². The van der Waals surface area contributed by atoms with Gasteiger partial charge in [-0.05, 0) is 30.5 Å². The summed E-state index contributed by atoms with van der Waals surface area (Å²) in [6.45, 7) is 0.876. The molecular formula is C20H22N6O2S. The second-order valence-corrected chi connectivity index (χ2v) is 7.90. The molecule has 4 rings (SSSR count). The largest absolute Gasteiger partial charge is 0.359 e. The molecule has 0 fully saturated rings. The van der Waals surface area contributed by atoms with E-state index in [0.29, 0.717) is 10.7 Å². The monoisotopic (exact) mass is 410 g/mol. The van der Waals surface area contributed by atoms with Gasteiger partial charge >= 0.3 is 0 Å². The first-order chi connectivity index (χ1) is 14.0. The standard InChI is InChI=1S/C20H22N6O2S/c1-25-9-7-14(11-25)19(28)21-10-17(27)24-20-23-16(12-29-20)15-6-5-13-4-3-8-26(2)18(13)22-15/h5-7,9,11-12H,3-4,8,10H2,1-2H3,(H,21,28)(H,23,24,27). The molecule has 0 unspecified atom stereocenters. The zero-order valence-electron chi connectivity index (χ0n) is 16.3. The van der Waals surface area contributed by atoms with Crippen LogP contribution in [-0.4, -0.2) is 46.5 Å². The summed E-state index contributed by atoms with van der Waals surface area (Å²) in [5.41, 5.74) is 3.27. The van der Waals surface area contributed by atoms with Crippen molar-refractivity contribution in [2.45, 2.75) is 12.8 Å². The van der Waals surface area contributed by atoms with Crippen molar-refractivity contribution in [3.05, 3.63) is 47.1 Å². The lowest BCUT2D eigenvalue weighted by Gasteiger charge is -2.26. The zero-order valence-corrected chi connectivity index (χ0v) is 17.1. The van der Waals surface area contributed by atoms with Gasteiger partial charge in [0.15, 0.2) is 5.13 Å². The summed E-state index contributed by atoms with van der Waals surface area (Å²) in [7, 11) is 3.88. The van der Waals surface area contributed by atoms with Crippen molar-refractivity contribution in [3.63, 3.8) is 0 Å². The number of thiazole rings is 1. The third kappa shape index (κ3) is 4.29. The van der Waals surface area contributed by atoms with Crippen LogP contribution >= 0.6 is 11.3 Å². The molecule has 0 aliphatic carbocycles. The van der Waals surface area contributed by atoms with Gasteiger partial charge in [-0.1, -0.05) is 6.07 Å². The Morgan fingerprint density at radius 2 is 2.03 bits per heavy atom. The fourth-order valence-electron chi connectivity index (χ4n) is 3.27. The maximum absolute atomic E-state index is 12.1. The molecule has 3 aromatic rings. The molecule has 2 N–H and O–H groups in total. The number of nitrogens with zero attached hydrogens (tertiary/aromatic N) is 4. The number of aryl methyl sites for hydroxylation is 2. The van der Waals surface area contributed by atoms with Crippen molar-refractivity contribution in [1.82, 2.24) is 19.9 Å². The van der Waals surface area contributed by atoms with Crippen LogP contribution in [0.1, 0.15) is 22.3 Å². The molecule has 0 saturated heterocycles. The van der Waals surface area contributed by atoms with E-state index in [-0.39, 0.29) is 18.4 Å². The van der Waals surface area contributed by atoms with Crippen molar-refractivity contribution in [2.24, 2.45) is 7.05 Å². The second kappa shape index (κ2) is 8.04. The number of amides is 2. The van der Waals surface area contributed by atoms with Gasteiger partial charge in [-0.15, -0.1) is 11.3 Å². The molecule has 1 aliphatic heterocycles. The lowest BCUT2D eigenvalue weighted by Crippen LogP contribution is -2.32. The van der Waals surface area contributed by atoms with E-state index in [1.165, 1.54) is 16.9 Å². The first-order valence-corrected chi connectivity index (χ1v) is 10.2. The van der Waals surface area contributed by atoms with Crippen molar-refractivity contribution in [1.29, 1.82) is 0 Å². The molecule has 9 heteroatoms. The number of fused-ring (bicyclic) bond motifs is 1. The van der Waals surface area contributed by atoms with Crippen LogP contribution in [0.4, 0.5) is 10.9 Å². The highest BCUT2D eigenvalue weighted by atomic mass is 32.1. The normalized spacial score (nSPS) is 13.1. The van der Waals surface area contributed by atoms with Gasteiger partial charge in [0.1, 0.15) is 11.5 Å². The van der Waals surface area contributed by atoms with E-state index < -0.39 is 0 Å². The van der Waals surface area contributed by atoms with Crippen LogP contribution in [0.3, 0.4) is 0 Å². The van der Waals surface area contributed by atoms with Gasteiger partial charge in [0.05, 0.1) is 17.8 Å². The van der Waals surface area contributed by atoms with E-state index in [0.717, 1.165) is 36.6 Å². The Hall–Kier alpha value is -3.20. The van der Waals surface area contributed by atoms with Crippen LogP contribution in [0, 0.1) is 0 Å². The Morgan fingerprint density at radius 1 is 1.17 bits per heavy atom. The summed E-state index contributed by atoms with van der Waals surface area (Å²) in [6, 6.07) is 5.77. The number of nitrogens with one attached hydrogen (secondary N) is 2. The Kier molecular flexibility index (Phi) is 5.30. The summed E-state index contributed by atoms with van der Waals surface area (Å²) in [5, 5.41) is 7.68. The van der Waals surface area contributed by atoms with Crippen LogP contribution < -0.4 is 15.5 Å². The van der Waals surface area contributed by atoms with Crippen molar-refractivity contribution < 1.29 is 9.59 Å². The van der Waals surface area contributed by atoms with Crippen LogP contribution in [0.15, 0.2) is 36.0 Å². The second-order valence-electron chi connectivity index (χ2n) is 7.04. The maximum Gasteiger partial charge on any atom is 0.253 e. The molecule has 0 bridgehead atoms. The van der Waals surface area contributed by atoms with Gasteiger partial charge in [0.2, 0.25) is 5.91 Å². The number of aromatic nitrogens is 3. The Labute approximate surface area is 172 Å². The predicted octanol–water partition coefficient (Wildman–Crippen LogP) is 2.29. The number of carbonyl (C=O) groups is 2. The quantitative estimate of drug-likeness (QED) is 0.673. The molecule has 0 aromatic carbocycles. The van der Waals surface area contributed by atoms with Crippen LogP contribution in [0.2, 0.25) is 0 Å². The van der Waals surface area contributed by atoms with Crippen LogP contribution in [-0.2, 0) is 18.3 Å². The number of hydrogen-bond acceptors (Lipinski definition) is 6. The third-order valence-electron chi connectivity index (χ3n) is 4.77. The molecule has 2 amide bonds. The van der Waals surface area contributed by atoms with E-state index >= 15 is 0 Å². The summed E-state index contributed by atoms with van der Waals surface area (Å²) in [5.74, 6) is 0.382. The average molecular weight is 411 g/mol. The fraction of sp³-hybridized carbons (Fsp3) is 0.300. The van der Waals surface area contributed by atoms with Gasteiger partial charge in [-0.3, -0.25) is 9.59 Å². The topological polar surface area (TPSA) is 92.2 Å². The lowest BCUT2D eigenvalue weighted by molar-refractivity contribution is -0.115. The van der Waals surface area contributed by atoms with Gasteiger partial charge in [-0.25, -0.2) is 9.97 Å². The molecular weight excluding hydrogens is 388 g/mol. The molecule has 3 aromatic heterocycles. The molecule has 0 radical (unpaired) electrons. The number of hydrogen-bond donors (Lipinski definition) is 2. The minimum Gasteiger partial charge on any atom is -0.359 e. The minimum absolute atomic E-state index is 0.121. The number of carbonyl (C=O) groups excluding carboxylic acids is 2. The molecule has 0 spiro atoms. The zero-order chi connectivity index (χ0) is 20.4. The first-order valence-electron chi connectivity index (χ1n) is 9.36. The smallest absolute Gasteiger partial charge is 0.253 e. The fourth-order valence-corrected chi connectivity index (χ4v) is 3.99. The number of rotatable bonds is 5. The van der Waals surface area contributed by atoms with Gasteiger partial charge in [0, 0.05) is 38.4 Å². The lowest BCUT2D eigenvalue weighted by atomic mass is 10.1. The molecule has 8 nitrogen and oxygen atoms in total. The molecule has 29 heavy (non-hydrogen) atoms. The van der Waals surface area contributed by atoms with E-state index in [1.54, 1.807) is 23.0 Å². The van der Waals surface area contributed by atoms with E-state index in [1.807, 2.05) is 25.5 Å². The molecule has 0 atom stereocenters. The summed E-state index contributed by atoms with van der Waals surface area (Å²) >= 11 is 1.33. The highest BCUT2D eigenvalue weighted by molar-refractivity contribution is 7.14. The summed E-state index contributed by atoms with van der Waals surface area (Å²) in [4.78, 5) is 35.5. The third-order valence-corrected chi connectivity index (χ3v) is 5.53. The molecule has 1 aliphatic rings.